The van der Waals surface area contributed by atoms with Crippen molar-refractivity contribution in [3.05, 3.63) is 87.9 Å². The largest absolute Gasteiger partial charge is 0.386 e. The summed E-state index contributed by atoms with van der Waals surface area (Å²) in [5.41, 5.74) is 1.81. The molecule has 5 rings (SSSR count). The summed E-state index contributed by atoms with van der Waals surface area (Å²) < 4.78 is 54.5. The summed E-state index contributed by atoms with van der Waals surface area (Å²) in [6.07, 6.45) is 1.72. The van der Waals surface area contributed by atoms with E-state index in [0.29, 0.717) is 21.2 Å². The summed E-state index contributed by atoms with van der Waals surface area (Å²) in [6.45, 7) is 3.43. The highest BCUT2D eigenvalue weighted by Crippen LogP contribution is 2.40. The lowest BCUT2D eigenvalue weighted by molar-refractivity contribution is 0.0785. The van der Waals surface area contributed by atoms with Crippen LogP contribution in [0.3, 0.4) is 0 Å². The number of halogens is 1. The summed E-state index contributed by atoms with van der Waals surface area (Å²) in [7, 11) is -7.38. The van der Waals surface area contributed by atoms with Crippen molar-refractivity contribution in [3.8, 4) is 11.3 Å². The average molecular weight is 591 g/mol. The Balaban J connectivity index is 1.61. The van der Waals surface area contributed by atoms with Gasteiger partial charge in [-0.25, -0.2) is 21.6 Å². The Hall–Kier alpha value is -2.34. The van der Waals surface area contributed by atoms with Crippen LogP contribution >= 0.6 is 22.9 Å². The first-order valence-corrected chi connectivity index (χ1v) is 16.6. The Morgan fingerprint density at radius 2 is 1.89 bits per heavy atom. The van der Waals surface area contributed by atoms with Crippen molar-refractivity contribution in [1.29, 1.82) is 0 Å². The Bertz CT molecular complexity index is 1730. The molecule has 3 heterocycles. The predicted molar refractivity (Wildman–Crippen MR) is 153 cm³/mol. The van der Waals surface area contributed by atoms with Gasteiger partial charge in [-0.2, -0.15) is 0 Å². The minimum atomic E-state index is -3.99. The molecular weight excluding hydrogens is 564 g/mol. The van der Waals surface area contributed by atoms with Gasteiger partial charge in [0.2, 0.25) is 10.0 Å². The molecule has 7 nitrogen and oxygen atoms in total. The van der Waals surface area contributed by atoms with Gasteiger partial charge in [0, 0.05) is 26.4 Å². The van der Waals surface area contributed by atoms with Gasteiger partial charge in [0.1, 0.15) is 0 Å². The zero-order valence-corrected chi connectivity index (χ0v) is 24.0. The van der Waals surface area contributed by atoms with Gasteiger partial charge in [-0.1, -0.05) is 48.0 Å². The van der Waals surface area contributed by atoms with Crippen LogP contribution in [0.2, 0.25) is 5.02 Å². The molecule has 0 aliphatic carbocycles. The molecule has 0 amide bonds. The van der Waals surface area contributed by atoms with Gasteiger partial charge in [-0.05, 0) is 61.0 Å². The van der Waals surface area contributed by atoms with Crippen molar-refractivity contribution in [2.75, 3.05) is 11.5 Å². The summed E-state index contributed by atoms with van der Waals surface area (Å²) in [6, 6.07) is 17.5. The minimum absolute atomic E-state index is 0.0622. The molecule has 200 valence electrons. The second-order valence-electron chi connectivity index (χ2n) is 10.0. The highest BCUT2D eigenvalue weighted by atomic mass is 35.5. The third-order valence-corrected chi connectivity index (χ3v) is 12.1. The number of nitrogens with zero attached hydrogens (tertiary/aromatic N) is 1. The number of benzene rings is 2. The van der Waals surface area contributed by atoms with Crippen LogP contribution in [0.15, 0.2) is 66.9 Å². The second kappa shape index (κ2) is 10.0. The number of hydrogen-bond donors (Lipinski definition) is 2. The van der Waals surface area contributed by atoms with E-state index in [1.54, 1.807) is 50.4 Å². The van der Waals surface area contributed by atoms with Gasteiger partial charge in [0.05, 0.1) is 34.1 Å². The third-order valence-electron chi connectivity index (χ3n) is 6.72. The van der Waals surface area contributed by atoms with E-state index in [-0.39, 0.29) is 12.2 Å². The maximum Gasteiger partial charge on any atom is 0.216 e. The average Bonchev–Trinajstić information content (AvgIpc) is 3.46. The standard InChI is InChI=1S/C27H27ClN2O5S3/c1-27(2,31)18-10-12-29-23(15-18)21-8-5-6-17-14-24(36-26(17)21)25(20-7-3-4-9-22(20)28)30-38(34,35)19-11-13-37(32,33)16-19/h3-10,12,14-15,19,25,30-31H,11,13,16H2,1-2H3/t19-,25+/m0/s1. The predicted octanol–water partition coefficient (Wildman–Crippen LogP) is 5.04. The SMILES string of the molecule is CC(C)(O)c1ccnc(-c2cccc3cc([C@H](NS(=O)(=O)[C@H]4CCS(=O)(=O)C4)c4ccccc4Cl)sc23)c1. The van der Waals surface area contributed by atoms with Crippen LogP contribution in [0, 0.1) is 0 Å². The van der Waals surface area contributed by atoms with E-state index in [2.05, 4.69) is 9.71 Å². The Kier molecular flexibility index (Phi) is 7.17. The highest BCUT2D eigenvalue weighted by Gasteiger charge is 2.39. The molecule has 1 aliphatic rings. The molecule has 1 fully saturated rings. The highest BCUT2D eigenvalue weighted by molar-refractivity contribution is 7.95. The second-order valence-corrected chi connectivity index (χ2v) is 15.7. The van der Waals surface area contributed by atoms with Crippen LogP contribution in [0.25, 0.3) is 21.3 Å². The molecular formula is C27H27ClN2O5S3. The number of sulfonamides is 1. The first-order chi connectivity index (χ1) is 17.8. The van der Waals surface area contributed by atoms with Crippen LogP contribution in [0.5, 0.6) is 0 Å². The fourth-order valence-electron chi connectivity index (χ4n) is 4.64. The number of fused-ring (bicyclic) bond motifs is 1. The van der Waals surface area contributed by atoms with Crippen LogP contribution in [-0.2, 0) is 25.5 Å². The molecule has 11 heteroatoms. The van der Waals surface area contributed by atoms with Gasteiger partial charge >= 0.3 is 0 Å². The van der Waals surface area contributed by atoms with Crippen molar-refractivity contribution in [2.45, 2.75) is 37.2 Å². The summed E-state index contributed by atoms with van der Waals surface area (Å²) in [5, 5.41) is 10.8. The molecule has 0 spiro atoms. The molecule has 0 saturated carbocycles. The van der Waals surface area contributed by atoms with E-state index in [0.717, 1.165) is 21.2 Å². The van der Waals surface area contributed by atoms with E-state index in [1.165, 1.54) is 11.3 Å². The summed E-state index contributed by atoms with van der Waals surface area (Å²) >= 11 is 7.95. The van der Waals surface area contributed by atoms with Gasteiger partial charge in [-0.15, -0.1) is 11.3 Å². The number of aliphatic hydroxyl groups is 1. The number of nitrogens with one attached hydrogen (secondary N) is 1. The van der Waals surface area contributed by atoms with Crippen LogP contribution in [-0.4, -0.2) is 43.7 Å². The van der Waals surface area contributed by atoms with Crippen molar-refractivity contribution >= 4 is 52.9 Å². The molecule has 38 heavy (non-hydrogen) atoms. The summed E-state index contributed by atoms with van der Waals surface area (Å²) in [4.78, 5) is 5.24. The maximum atomic E-state index is 13.4. The maximum absolute atomic E-state index is 13.4. The summed E-state index contributed by atoms with van der Waals surface area (Å²) in [5.74, 6) is -0.532. The number of sulfone groups is 1. The molecule has 0 bridgehead atoms. The first kappa shape index (κ1) is 27.2. The zero-order valence-electron chi connectivity index (χ0n) is 20.8. The Morgan fingerprint density at radius 3 is 2.58 bits per heavy atom. The molecule has 0 radical (unpaired) electrons. The monoisotopic (exact) mass is 590 g/mol. The molecule has 2 aromatic heterocycles. The normalized spacial score (nSPS) is 18.6. The zero-order chi connectivity index (χ0) is 27.3. The number of thiophene rings is 1. The van der Waals surface area contributed by atoms with Crippen molar-refractivity contribution in [3.63, 3.8) is 0 Å². The van der Waals surface area contributed by atoms with Gasteiger partial charge in [-0.3, -0.25) is 4.98 Å². The van der Waals surface area contributed by atoms with Crippen LogP contribution in [0.1, 0.15) is 42.3 Å². The van der Waals surface area contributed by atoms with Crippen molar-refractivity contribution < 1.29 is 21.9 Å². The lowest BCUT2D eigenvalue weighted by Gasteiger charge is -2.21. The van der Waals surface area contributed by atoms with Gasteiger partial charge in [0.25, 0.3) is 0 Å². The minimum Gasteiger partial charge on any atom is -0.386 e. The smallest absolute Gasteiger partial charge is 0.216 e. The van der Waals surface area contributed by atoms with E-state index in [9.17, 15) is 21.9 Å². The van der Waals surface area contributed by atoms with Crippen molar-refractivity contribution in [2.24, 2.45) is 0 Å². The Labute approximate surface area is 231 Å². The van der Waals surface area contributed by atoms with E-state index in [1.807, 2.05) is 30.3 Å². The van der Waals surface area contributed by atoms with Gasteiger partial charge in [0.15, 0.2) is 9.84 Å². The number of pyridine rings is 1. The molecule has 1 saturated heterocycles. The fourth-order valence-corrected chi connectivity index (χ4v) is 10.4. The van der Waals surface area contributed by atoms with Gasteiger partial charge < -0.3 is 5.11 Å². The lowest BCUT2D eigenvalue weighted by Crippen LogP contribution is -2.37. The molecule has 2 N–H and O–H groups in total. The lowest BCUT2D eigenvalue weighted by atomic mass is 9.97. The molecule has 2 atom stereocenters. The quantitative estimate of drug-likeness (QED) is 0.312. The van der Waals surface area contributed by atoms with Crippen molar-refractivity contribution in [1.82, 2.24) is 9.71 Å². The van der Waals surface area contributed by atoms with E-state index < -0.39 is 42.5 Å². The van der Waals surface area contributed by atoms with Crippen LogP contribution in [0.4, 0.5) is 0 Å². The fraction of sp³-hybridized carbons (Fsp3) is 0.296. The molecule has 1 aliphatic heterocycles. The molecule has 0 unspecified atom stereocenters. The molecule has 2 aromatic carbocycles. The number of rotatable bonds is 7. The van der Waals surface area contributed by atoms with E-state index >= 15 is 0 Å². The van der Waals surface area contributed by atoms with E-state index in [4.69, 9.17) is 11.6 Å². The van der Waals surface area contributed by atoms with Crippen LogP contribution < -0.4 is 4.72 Å². The first-order valence-electron chi connectivity index (χ1n) is 12.0. The molecule has 4 aromatic rings. The Morgan fingerprint density at radius 1 is 1.13 bits per heavy atom. The topological polar surface area (TPSA) is 113 Å². The third kappa shape index (κ3) is 5.52. The number of aromatic nitrogens is 1. The number of hydrogen-bond acceptors (Lipinski definition) is 7.